The van der Waals surface area contributed by atoms with Crippen LogP contribution in [0.2, 0.25) is 0 Å². The van der Waals surface area contributed by atoms with Gasteiger partial charge in [-0.05, 0) is 36.0 Å². The normalized spacial score (nSPS) is 11.6. The van der Waals surface area contributed by atoms with Crippen LogP contribution in [0.25, 0.3) is 11.1 Å². The largest absolute Gasteiger partial charge is 0.298 e. The topological polar surface area (TPSA) is 40.9 Å². The summed E-state index contributed by atoms with van der Waals surface area (Å²) in [6.45, 7) is 1.82. The van der Waals surface area contributed by atoms with E-state index in [1.54, 1.807) is 0 Å². The lowest BCUT2D eigenvalue weighted by molar-refractivity contribution is -0.121. The zero-order valence-electron chi connectivity index (χ0n) is 13.0. The number of aryl methyl sites for hydroxylation is 1. The Hall–Kier alpha value is -2.40. The average Bonchev–Trinajstić information content (AvgIpc) is 2.59. The molecule has 22 heavy (non-hydrogen) atoms. The highest BCUT2D eigenvalue weighted by Crippen LogP contribution is 2.21. The fraction of sp³-hybridized carbons (Fsp3) is 0.300. The molecule has 1 atom stereocenters. The molecule has 1 unspecified atom stereocenters. The molecule has 0 bridgehead atoms. The van der Waals surface area contributed by atoms with Gasteiger partial charge in [0.05, 0.1) is 6.07 Å². The van der Waals surface area contributed by atoms with Crippen LogP contribution in [-0.2, 0) is 11.2 Å². The van der Waals surface area contributed by atoms with Crippen LogP contribution in [0.3, 0.4) is 0 Å². The summed E-state index contributed by atoms with van der Waals surface area (Å²) < 4.78 is 0. The molecule has 0 saturated carbocycles. The maximum absolute atomic E-state index is 11.6. The van der Waals surface area contributed by atoms with Crippen molar-refractivity contribution in [3.63, 3.8) is 0 Å². The lowest BCUT2D eigenvalue weighted by atomic mass is 9.95. The second-order valence-corrected chi connectivity index (χ2v) is 5.46. The van der Waals surface area contributed by atoms with Gasteiger partial charge in [0.1, 0.15) is 11.7 Å². The molecule has 2 rings (SSSR count). The maximum Gasteiger partial charge on any atom is 0.149 e. The van der Waals surface area contributed by atoms with Crippen molar-refractivity contribution in [1.82, 2.24) is 0 Å². The molecule has 0 spiro atoms. The quantitative estimate of drug-likeness (QED) is 0.735. The molecule has 0 aliphatic heterocycles. The summed E-state index contributed by atoms with van der Waals surface area (Å²) >= 11 is 0. The molecule has 2 aromatic rings. The molecular formula is C20H21NO. The first-order chi connectivity index (χ1) is 10.7. The standard InChI is InChI=1S/C20H21NO/c1-2-20(22)19(15-21)13-7-9-16-8-6-12-18(14-16)17-10-4-3-5-11-17/h3-6,8,10-12,14,19H,2,7,9,13H2,1H3. The minimum atomic E-state index is -0.442. The highest BCUT2D eigenvalue weighted by atomic mass is 16.1. The van der Waals surface area contributed by atoms with Crippen molar-refractivity contribution in [2.45, 2.75) is 32.6 Å². The number of carbonyl (C=O) groups is 1. The first-order valence-electron chi connectivity index (χ1n) is 7.81. The van der Waals surface area contributed by atoms with E-state index in [1.807, 2.05) is 25.1 Å². The first-order valence-corrected chi connectivity index (χ1v) is 7.81. The average molecular weight is 291 g/mol. The Morgan fingerprint density at radius 3 is 2.50 bits per heavy atom. The second-order valence-electron chi connectivity index (χ2n) is 5.46. The summed E-state index contributed by atoms with van der Waals surface area (Å²) in [5.41, 5.74) is 3.67. The fourth-order valence-corrected chi connectivity index (χ4v) is 2.59. The SMILES string of the molecule is CCC(=O)C(C#N)CCCc1cccc(-c2ccccc2)c1. The van der Waals surface area contributed by atoms with E-state index in [2.05, 4.69) is 42.5 Å². The van der Waals surface area contributed by atoms with Crippen LogP contribution in [0.5, 0.6) is 0 Å². The summed E-state index contributed by atoms with van der Waals surface area (Å²) in [5, 5.41) is 9.05. The van der Waals surface area contributed by atoms with Crippen LogP contribution < -0.4 is 0 Å². The molecule has 2 aromatic carbocycles. The van der Waals surface area contributed by atoms with Gasteiger partial charge in [0.25, 0.3) is 0 Å². The molecule has 2 heteroatoms. The Morgan fingerprint density at radius 1 is 1.09 bits per heavy atom. The van der Waals surface area contributed by atoms with E-state index >= 15 is 0 Å². The number of hydrogen-bond acceptors (Lipinski definition) is 2. The number of carbonyl (C=O) groups excluding carboxylic acids is 1. The van der Waals surface area contributed by atoms with Gasteiger partial charge in [-0.2, -0.15) is 5.26 Å². The predicted octanol–water partition coefficient (Wildman–Crippen LogP) is 4.80. The van der Waals surface area contributed by atoms with Crippen molar-refractivity contribution in [3.05, 3.63) is 60.2 Å². The minimum absolute atomic E-state index is 0.0561. The summed E-state index contributed by atoms with van der Waals surface area (Å²) in [6.07, 6.45) is 2.86. The highest BCUT2D eigenvalue weighted by Gasteiger charge is 2.15. The lowest BCUT2D eigenvalue weighted by Crippen LogP contribution is -2.11. The zero-order chi connectivity index (χ0) is 15.8. The minimum Gasteiger partial charge on any atom is -0.298 e. The van der Waals surface area contributed by atoms with Crippen molar-refractivity contribution in [3.8, 4) is 17.2 Å². The number of ketones is 1. The van der Waals surface area contributed by atoms with Gasteiger partial charge in [-0.1, -0.05) is 61.5 Å². The van der Waals surface area contributed by atoms with E-state index in [0.29, 0.717) is 12.8 Å². The zero-order valence-corrected chi connectivity index (χ0v) is 13.0. The number of rotatable bonds is 7. The number of nitriles is 1. The highest BCUT2D eigenvalue weighted by molar-refractivity contribution is 5.82. The van der Waals surface area contributed by atoms with Crippen molar-refractivity contribution in [1.29, 1.82) is 5.26 Å². The third-order valence-corrected chi connectivity index (χ3v) is 3.89. The molecule has 112 valence electrons. The number of hydrogen-bond donors (Lipinski definition) is 0. The number of nitrogens with zero attached hydrogens (tertiary/aromatic N) is 1. The van der Waals surface area contributed by atoms with Crippen molar-refractivity contribution in [2.75, 3.05) is 0 Å². The third kappa shape index (κ3) is 4.30. The van der Waals surface area contributed by atoms with Gasteiger partial charge in [0, 0.05) is 6.42 Å². The van der Waals surface area contributed by atoms with Crippen LogP contribution in [-0.4, -0.2) is 5.78 Å². The molecule has 2 nitrogen and oxygen atoms in total. The lowest BCUT2D eigenvalue weighted by Gasteiger charge is -2.08. The van der Waals surface area contributed by atoms with Gasteiger partial charge in [-0.3, -0.25) is 4.79 Å². The molecule has 0 aliphatic rings. The van der Waals surface area contributed by atoms with E-state index in [-0.39, 0.29) is 5.78 Å². The molecular weight excluding hydrogens is 270 g/mol. The van der Waals surface area contributed by atoms with Crippen LogP contribution in [0.15, 0.2) is 54.6 Å². The molecule has 0 aliphatic carbocycles. The van der Waals surface area contributed by atoms with Gasteiger partial charge < -0.3 is 0 Å². The molecule has 0 fully saturated rings. The van der Waals surface area contributed by atoms with Crippen molar-refractivity contribution < 1.29 is 4.79 Å². The molecule has 0 aromatic heterocycles. The van der Waals surface area contributed by atoms with Crippen molar-refractivity contribution in [2.24, 2.45) is 5.92 Å². The van der Waals surface area contributed by atoms with E-state index in [0.717, 1.165) is 12.8 Å². The van der Waals surface area contributed by atoms with Crippen LogP contribution >= 0.6 is 0 Å². The van der Waals surface area contributed by atoms with E-state index in [9.17, 15) is 4.79 Å². The van der Waals surface area contributed by atoms with Crippen molar-refractivity contribution >= 4 is 5.78 Å². The Labute approximate surface area is 132 Å². The van der Waals surface area contributed by atoms with E-state index in [1.165, 1.54) is 16.7 Å². The van der Waals surface area contributed by atoms with Crippen LogP contribution in [0.4, 0.5) is 0 Å². The molecule has 0 amide bonds. The molecule has 0 heterocycles. The number of Topliss-reactive ketones (excluding diaryl/α,β-unsaturated/α-hetero) is 1. The van der Waals surface area contributed by atoms with E-state index in [4.69, 9.17) is 5.26 Å². The van der Waals surface area contributed by atoms with Crippen LogP contribution in [0, 0.1) is 17.2 Å². The van der Waals surface area contributed by atoms with Gasteiger partial charge in [-0.15, -0.1) is 0 Å². The summed E-state index contributed by atoms with van der Waals surface area (Å²) in [4.78, 5) is 11.6. The first kappa shape index (κ1) is 16.0. The fourth-order valence-electron chi connectivity index (χ4n) is 2.59. The Bertz CT molecular complexity index is 655. The maximum atomic E-state index is 11.6. The van der Waals surface area contributed by atoms with Gasteiger partial charge in [0.15, 0.2) is 0 Å². The Balaban J connectivity index is 1.97. The smallest absolute Gasteiger partial charge is 0.149 e. The second kappa shape index (κ2) is 8.14. The third-order valence-electron chi connectivity index (χ3n) is 3.89. The molecule has 0 saturated heterocycles. The van der Waals surface area contributed by atoms with E-state index < -0.39 is 5.92 Å². The number of benzene rings is 2. The summed E-state index contributed by atoms with van der Waals surface area (Å²) in [6, 6.07) is 20.9. The summed E-state index contributed by atoms with van der Waals surface area (Å²) in [5.74, 6) is -0.386. The van der Waals surface area contributed by atoms with Gasteiger partial charge in [0.2, 0.25) is 0 Å². The van der Waals surface area contributed by atoms with Gasteiger partial charge >= 0.3 is 0 Å². The monoisotopic (exact) mass is 291 g/mol. The summed E-state index contributed by atoms with van der Waals surface area (Å²) in [7, 11) is 0. The Kier molecular flexibility index (Phi) is 5.91. The van der Waals surface area contributed by atoms with Gasteiger partial charge in [-0.25, -0.2) is 0 Å². The van der Waals surface area contributed by atoms with Crippen LogP contribution in [0.1, 0.15) is 31.7 Å². The molecule has 0 N–H and O–H groups in total. The predicted molar refractivity (Wildman–Crippen MR) is 89.2 cm³/mol. The molecule has 0 radical (unpaired) electrons. The Morgan fingerprint density at radius 2 is 1.82 bits per heavy atom.